The zero-order valence-electron chi connectivity index (χ0n) is 8.86. The largest absolute Gasteiger partial charge is 0.464 e. The smallest absolute Gasteiger partial charge is 0.325 e. The van der Waals surface area contributed by atoms with E-state index in [0.29, 0.717) is 13.2 Å². The maximum Gasteiger partial charge on any atom is 0.325 e. The van der Waals surface area contributed by atoms with Gasteiger partial charge in [0.15, 0.2) is 0 Å². The van der Waals surface area contributed by atoms with E-state index in [1.54, 1.807) is 0 Å². The van der Waals surface area contributed by atoms with Crippen molar-refractivity contribution in [1.29, 1.82) is 0 Å². The van der Waals surface area contributed by atoms with Crippen molar-refractivity contribution < 1.29 is 9.53 Å². The lowest BCUT2D eigenvalue weighted by molar-refractivity contribution is -0.146. The van der Waals surface area contributed by atoms with Crippen LogP contribution in [0.3, 0.4) is 0 Å². The van der Waals surface area contributed by atoms with Gasteiger partial charge in [-0.15, -0.1) is 0 Å². The number of hydrogen-bond donors (Lipinski definition) is 1. The highest BCUT2D eigenvalue weighted by Crippen LogP contribution is 2.21. The van der Waals surface area contributed by atoms with Crippen LogP contribution in [-0.4, -0.2) is 41.4 Å². The Morgan fingerprint density at radius 3 is 2.50 bits per heavy atom. The first-order valence-corrected chi connectivity index (χ1v) is 6.77. The van der Waals surface area contributed by atoms with Crippen molar-refractivity contribution in [3.63, 3.8) is 0 Å². The van der Waals surface area contributed by atoms with Crippen molar-refractivity contribution in [2.75, 3.05) is 25.7 Å². The lowest BCUT2D eigenvalue weighted by Crippen LogP contribution is -2.31. The number of hydrogen-bond acceptors (Lipinski definition) is 6. The van der Waals surface area contributed by atoms with Crippen LogP contribution >= 0.6 is 23.9 Å². The molecule has 4 nitrogen and oxygen atoms in total. The maximum atomic E-state index is 11.4. The molecule has 0 aliphatic rings. The Balaban J connectivity index is 3.84. The van der Waals surface area contributed by atoms with Gasteiger partial charge in [0.25, 0.3) is 0 Å². The minimum absolute atomic E-state index is 0.192. The summed E-state index contributed by atoms with van der Waals surface area (Å²) in [6, 6.07) is -0.224. The molecule has 0 unspecified atom stereocenters. The molecule has 0 saturated heterocycles. The Hall–Kier alpha value is 0.0900. The fourth-order valence-electron chi connectivity index (χ4n) is 0.854. The normalized spacial score (nSPS) is 12.9. The number of rotatable bonds is 7. The highest BCUT2D eigenvalue weighted by atomic mass is 32.2. The number of carbonyl (C=O) groups excluding carboxylic acids is 1. The number of carbonyl (C=O) groups is 1. The van der Waals surface area contributed by atoms with Gasteiger partial charge in [-0.05, 0) is 32.4 Å². The summed E-state index contributed by atoms with van der Waals surface area (Å²) >= 11 is 3.03. The molecule has 0 heterocycles. The van der Waals surface area contributed by atoms with Gasteiger partial charge in [-0.2, -0.15) is 3.71 Å². The van der Waals surface area contributed by atoms with E-state index in [1.807, 2.05) is 23.1 Å². The van der Waals surface area contributed by atoms with Crippen molar-refractivity contribution in [2.45, 2.75) is 19.4 Å². The van der Waals surface area contributed by atoms with Gasteiger partial charge in [0.2, 0.25) is 0 Å². The van der Waals surface area contributed by atoms with E-state index >= 15 is 0 Å². The van der Waals surface area contributed by atoms with Crippen LogP contribution in [0, 0.1) is 0 Å². The molecular formula is C8H18N2O2S2. The monoisotopic (exact) mass is 238 g/mol. The minimum Gasteiger partial charge on any atom is -0.464 e. The van der Waals surface area contributed by atoms with E-state index in [9.17, 15) is 4.79 Å². The molecule has 0 spiro atoms. The fraction of sp³-hybridized carbons (Fsp3) is 0.875. The summed E-state index contributed by atoms with van der Waals surface area (Å²) in [4.78, 5) is 11.4. The number of nitrogens with zero attached hydrogens (tertiary/aromatic N) is 1. The number of ether oxygens (including phenoxy) is 1. The highest BCUT2D eigenvalue weighted by Gasteiger charge is 2.21. The zero-order valence-corrected chi connectivity index (χ0v) is 10.5. The van der Waals surface area contributed by atoms with Gasteiger partial charge in [-0.25, -0.2) is 0 Å². The molecule has 0 radical (unpaired) electrons. The molecule has 0 aromatic rings. The lowest BCUT2D eigenvalue weighted by Gasteiger charge is -2.21. The molecule has 0 bridgehead atoms. The van der Waals surface area contributed by atoms with Crippen LogP contribution < -0.4 is 5.73 Å². The summed E-state index contributed by atoms with van der Waals surface area (Å²) in [5.74, 6) is -0.192. The van der Waals surface area contributed by atoms with Gasteiger partial charge in [0.05, 0.1) is 6.61 Å². The van der Waals surface area contributed by atoms with Gasteiger partial charge >= 0.3 is 5.97 Å². The molecule has 6 heteroatoms. The van der Waals surface area contributed by atoms with Gasteiger partial charge in [-0.3, -0.25) is 4.79 Å². The van der Waals surface area contributed by atoms with E-state index in [2.05, 4.69) is 0 Å². The Bertz CT molecular complexity index is 165. The molecule has 0 aliphatic heterocycles. The molecule has 0 amide bonds. The first-order valence-electron chi connectivity index (χ1n) is 4.41. The third kappa shape index (κ3) is 5.09. The molecule has 0 aliphatic carbocycles. The van der Waals surface area contributed by atoms with Gasteiger partial charge in [0, 0.05) is 0 Å². The summed E-state index contributed by atoms with van der Waals surface area (Å²) in [7, 11) is 0. The SMILES string of the molecule is CSN(SC)[C@@H](C)C(=O)OCCCN. The molecule has 2 N–H and O–H groups in total. The van der Waals surface area contributed by atoms with Crippen molar-refractivity contribution in [1.82, 2.24) is 3.71 Å². The topological polar surface area (TPSA) is 55.6 Å². The van der Waals surface area contributed by atoms with E-state index in [4.69, 9.17) is 10.5 Å². The van der Waals surface area contributed by atoms with Crippen LogP contribution in [0.1, 0.15) is 13.3 Å². The molecule has 0 aromatic heterocycles. The van der Waals surface area contributed by atoms with Crippen LogP contribution in [-0.2, 0) is 9.53 Å². The third-order valence-corrected chi connectivity index (χ3v) is 3.86. The van der Waals surface area contributed by atoms with Gasteiger partial charge in [0.1, 0.15) is 6.04 Å². The summed E-state index contributed by atoms with van der Waals surface area (Å²) in [5.41, 5.74) is 5.29. The summed E-state index contributed by atoms with van der Waals surface area (Å²) in [6.45, 7) is 2.80. The lowest BCUT2D eigenvalue weighted by atomic mass is 10.4. The van der Waals surface area contributed by atoms with Crippen molar-refractivity contribution in [3.05, 3.63) is 0 Å². The molecule has 0 saturated carbocycles. The molecule has 0 aromatic carbocycles. The van der Waals surface area contributed by atoms with E-state index in [0.717, 1.165) is 6.42 Å². The standard InChI is InChI=1S/C8H18N2O2S2/c1-7(10(13-2)14-3)8(11)12-6-4-5-9/h7H,4-6,9H2,1-3H3/t7-/m0/s1. The van der Waals surface area contributed by atoms with Crippen molar-refractivity contribution in [2.24, 2.45) is 5.73 Å². The number of nitrogens with two attached hydrogens (primary N) is 1. The first-order chi connectivity index (χ1) is 6.67. The fourth-order valence-corrected chi connectivity index (χ4v) is 2.25. The Morgan fingerprint density at radius 1 is 1.50 bits per heavy atom. The van der Waals surface area contributed by atoms with Gasteiger partial charge < -0.3 is 10.5 Å². The highest BCUT2D eigenvalue weighted by molar-refractivity contribution is 8.11. The van der Waals surface area contributed by atoms with Crippen LogP contribution in [0.4, 0.5) is 0 Å². The summed E-state index contributed by atoms with van der Waals surface area (Å²) in [6.07, 6.45) is 4.58. The quantitative estimate of drug-likeness (QED) is 0.407. The average Bonchev–Trinajstić information content (AvgIpc) is 2.19. The Kier molecular flexibility index (Phi) is 8.46. The van der Waals surface area contributed by atoms with Gasteiger partial charge in [-0.1, -0.05) is 23.9 Å². The molecule has 0 fully saturated rings. The summed E-state index contributed by atoms with van der Waals surface area (Å²) in [5, 5.41) is 0. The van der Waals surface area contributed by atoms with Crippen molar-refractivity contribution >= 4 is 29.9 Å². The maximum absolute atomic E-state index is 11.4. The summed E-state index contributed by atoms with van der Waals surface area (Å²) < 4.78 is 6.94. The average molecular weight is 238 g/mol. The predicted octanol–water partition coefficient (Wildman–Crippen LogP) is 1.12. The second-order valence-electron chi connectivity index (χ2n) is 2.64. The Morgan fingerprint density at radius 2 is 2.07 bits per heavy atom. The Labute approximate surface area is 94.2 Å². The molecule has 0 rings (SSSR count). The van der Waals surface area contributed by atoms with Crippen molar-refractivity contribution in [3.8, 4) is 0 Å². The molecule has 14 heavy (non-hydrogen) atoms. The van der Waals surface area contributed by atoms with E-state index < -0.39 is 0 Å². The first kappa shape index (κ1) is 14.1. The van der Waals surface area contributed by atoms with Crippen LogP contribution in [0.5, 0.6) is 0 Å². The molecular weight excluding hydrogens is 220 g/mol. The van der Waals surface area contributed by atoms with Crippen LogP contribution in [0.15, 0.2) is 0 Å². The third-order valence-electron chi connectivity index (χ3n) is 1.61. The van der Waals surface area contributed by atoms with Crippen LogP contribution in [0.2, 0.25) is 0 Å². The predicted molar refractivity (Wildman–Crippen MR) is 63.0 cm³/mol. The second-order valence-corrected chi connectivity index (χ2v) is 4.38. The second kappa shape index (κ2) is 8.40. The van der Waals surface area contributed by atoms with E-state index in [1.165, 1.54) is 23.9 Å². The molecule has 1 atom stereocenters. The number of esters is 1. The molecule has 84 valence electrons. The minimum atomic E-state index is -0.224. The van der Waals surface area contributed by atoms with Crippen LogP contribution in [0.25, 0.3) is 0 Å². The van der Waals surface area contributed by atoms with E-state index in [-0.39, 0.29) is 12.0 Å². The zero-order chi connectivity index (χ0) is 11.0.